The van der Waals surface area contributed by atoms with Crippen molar-refractivity contribution in [3.05, 3.63) is 82.2 Å². The lowest BCUT2D eigenvalue weighted by atomic mass is 10.1. The molecule has 1 aromatic heterocycles. The average Bonchev–Trinajstić information content (AvgIpc) is 3.03. The van der Waals surface area contributed by atoms with Crippen molar-refractivity contribution in [1.82, 2.24) is 9.55 Å². The van der Waals surface area contributed by atoms with Crippen LogP contribution in [0.4, 0.5) is 5.69 Å². The third kappa shape index (κ3) is 3.27. The van der Waals surface area contributed by atoms with Gasteiger partial charge in [0.1, 0.15) is 5.82 Å². The van der Waals surface area contributed by atoms with Gasteiger partial charge in [0.15, 0.2) is 0 Å². The van der Waals surface area contributed by atoms with Crippen LogP contribution in [-0.4, -0.2) is 14.5 Å². The number of rotatable bonds is 5. The van der Waals surface area contributed by atoms with Crippen molar-refractivity contribution in [1.29, 1.82) is 0 Å². The highest BCUT2D eigenvalue weighted by molar-refractivity contribution is 5.59. The molecule has 0 saturated heterocycles. The second-order valence-corrected chi connectivity index (χ2v) is 5.21. The number of benzene rings is 2. The standard InChI is InChI=1S/C17H16N4O2/c18-11-13-3-1-4-14(9-13)12-20-8-7-19-17(20)15-5-2-6-16(10-15)21(22)23/h1-10H,11-12,18H2. The van der Waals surface area contributed by atoms with E-state index in [1.807, 2.05) is 35.0 Å². The first-order valence-corrected chi connectivity index (χ1v) is 7.21. The summed E-state index contributed by atoms with van der Waals surface area (Å²) in [5.74, 6) is 0.701. The van der Waals surface area contributed by atoms with Crippen LogP contribution >= 0.6 is 0 Å². The van der Waals surface area contributed by atoms with E-state index in [0.717, 1.165) is 16.7 Å². The lowest BCUT2D eigenvalue weighted by Gasteiger charge is -2.09. The van der Waals surface area contributed by atoms with Gasteiger partial charge in [0.2, 0.25) is 0 Å². The van der Waals surface area contributed by atoms with Gasteiger partial charge in [-0.05, 0) is 11.1 Å². The zero-order valence-electron chi connectivity index (χ0n) is 12.4. The van der Waals surface area contributed by atoms with E-state index in [-0.39, 0.29) is 5.69 Å². The van der Waals surface area contributed by atoms with Crippen LogP contribution in [0.15, 0.2) is 60.9 Å². The molecule has 0 aliphatic rings. The molecular formula is C17H16N4O2. The minimum atomic E-state index is -0.401. The molecular weight excluding hydrogens is 292 g/mol. The number of nitro groups is 1. The topological polar surface area (TPSA) is 87.0 Å². The summed E-state index contributed by atoms with van der Waals surface area (Å²) in [6.45, 7) is 1.13. The van der Waals surface area contributed by atoms with Crippen molar-refractivity contribution in [3.63, 3.8) is 0 Å². The molecule has 2 N–H and O–H groups in total. The molecule has 0 atom stereocenters. The highest BCUT2D eigenvalue weighted by Crippen LogP contribution is 2.23. The molecule has 116 valence electrons. The van der Waals surface area contributed by atoms with Gasteiger partial charge in [-0.2, -0.15) is 0 Å². The molecule has 3 aromatic rings. The van der Waals surface area contributed by atoms with Gasteiger partial charge in [0.05, 0.1) is 4.92 Å². The van der Waals surface area contributed by atoms with Crippen molar-refractivity contribution in [2.45, 2.75) is 13.1 Å². The quantitative estimate of drug-likeness (QED) is 0.580. The van der Waals surface area contributed by atoms with Crippen LogP contribution in [0.3, 0.4) is 0 Å². The summed E-state index contributed by atoms with van der Waals surface area (Å²) in [6, 6.07) is 14.5. The number of hydrogen-bond acceptors (Lipinski definition) is 4. The largest absolute Gasteiger partial charge is 0.327 e. The highest BCUT2D eigenvalue weighted by Gasteiger charge is 2.11. The smallest absolute Gasteiger partial charge is 0.270 e. The summed E-state index contributed by atoms with van der Waals surface area (Å²) in [4.78, 5) is 14.9. The lowest BCUT2D eigenvalue weighted by Crippen LogP contribution is -2.03. The van der Waals surface area contributed by atoms with Gasteiger partial charge in [-0.1, -0.05) is 36.4 Å². The lowest BCUT2D eigenvalue weighted by molar-refractivity contribution is -0.384. The summed E-state index contributed by atoms with van der Waals surface area (Å²) in [5.41, 5.74) is 8.63. The molecule has 0 bridgehead atoms. The first-order chi connectivity index (χ1) is 11.2. The van der Waals surface area contributed by atoms with E-state index in [0.29, 0.717) is 18.9 Å². The summed E-state index contributed by atoms with van der Waals surface area (Å²) in [6.07, 6.45) is 3.56. The van der Waals surface area contributed by atoms with Crippen LogP contribution in [0.5, 0.6) is 0 Å². The van der Waals surface area contributed by atoms with E-state index in [9.17, 15) is 10.1 Å². The monoisotopic (exact) mass is 308 g/mol. The number of aromatic nitrogens is 2. The van der Waals surface area contributed by atoms with E-state index < -0.39 is 4.92 Å². The molecule has 0 spiro atoms. The Bertz CT molecular complexity index is 842. The van der Waals surface area contributed by atoms with Gasteiger partial charge in [0, 0.05) is 43.2 Å². The zero-order chi connectivity index (χ0) is 16.2. The maximum atomic E-state index is 10.9. The summed E-state index contributed by atoms with van der Waals surface area (Å²) >= 11 is 0. The molecule has 6 nitrogen and oxygen atoms in total. The van der Waals surface area contributed by atoms with Gasteiger partial charge < -0.3 is 10.3 Å². The van der Waals surface area contributed by atoms with Gasteiger partial charge in [-0.3, -0.25) is 10.1 Å². The number of non-ortho nitro benzene ring substituents is 1. The molecule has 6 heteroatoms. The Kier molecular flexibility index (Phi) is 4.16. The Morgan fingerprint density at radius 2 is 1.91 bits per heavy atom. The third-order valence-electron chi connectivity index (χ3n) is 3.61. The second kappa shape index (κ2) is 6.41. The Morgan fingerprint density at radius 3 is 2.70 bits per heavy atom. The van der Waals surface area contributed by atoms with Crippen LogP contribution in [0, 0.1) is 10.1 Å². The first kappa shape index (κ1) is 14.9. The SMILES string of the molecule is NCc1cccc(Cn2ccnc2-c2cccc([N+](=O)[O-])c2)c1. The van der Waals surface area contributed by atoms with Gasteiger partial charge in [-0.15, -0.1) is 0 Å². The van der Waals surface area contributed by atoms with E-state index >= 15 is 0 Å². The zero-order valence-corrected chi connectivity index (χ0v) is 12.4. The maximum Gasteiger partial charge on any atom is 0.270 e. The fraction of sp³-hybridized carbons (Fsp3) is 0.118. The van der Waals surface area contributed by atoms with Crippen molar-refractivity contribution in [2.75, 3.05) is 0 Å². The molecule has 0 aliphatic carbocycles. The summed E-state index contributed by atoms with van der Waals surface area (Å²) < 4.78 is 1.97. The van der Waals surface area contributed by atoms with E-state index in [1.165, 1.54) is 12.1 Å². The Morgan fingerprint density at radius 1 is 1.13 bits per heavy atom. The van der Waals surface area contributed by atoms with Crippen LogP contribution in [0.1, 0.15) is 11.1 Å². The van der Waals surface area contributed by atoms with Crippen molar-refractivity contribution >= 4 is 5.69 Å². The van der Waals surface area contributed by atoms with Gasteiger partial charge >= 0.3 is 0 Å². The molecule has 2 aromatic carbocycles. The molecule has 23 heavy (non-hydrogen) atoms. The van der Waals surface area contributed by atoms with Crippen molar-refractivity contribution in [3.8, 4) is 11.4 Å². The Hall–Kier alpha value is -2.99. The van der Waals surface area contributed by atoms with E-state index in [4.69, 9.17) is 5.73 Å². The molecule has 0 radical (unpaired) electrons. The Balaban J connectivity index is 1.93. The molecule has 0 aliphatic heterocycles. The second-order valence-electron chi connectivity index (χ2n) is 5.21. The predicted octanol–water partition coefficient (Wildman–Crippen LogP) is 2.97. The molecule has 0 amide bonds. The van der Waals surface area contributed by atoms with E-state index in [1.54, 1.807) is 12.3 Å². The van der Waals surface area contributed by atoms with Crippen molar-refractivity contribution < 1.29 is 4.92 Å². The van der Waals surface area contributed by atoms with Crippen LogP contribution in [-0.2, 0) is 13.1 Å². The third-order valence-corrected chi connectivity index (χ3v) is 3.61. The molecule has 1 heterocycles. The van der Waals surface area contributed by atoms with Crippen LogP contribution in [0.25, 0.3) is 11.4 Å². The number of nitro benzene ring substituents is 1. The molecule has 0 fully saturated rings. The van der Waals surface area contributed by atoms with Crippen LogP contribution in [0.2, 0.25) is 0 Å². The van der Waals surface area contributed by atoms with E-state index in [2.05, 4.69) is 11.1 Å². The summed E-state index contributed by atoms with van der Waals surface area (Å²) in [7, 11) is 0. The van der Waals surface area contributed by atoms with Gasteiger partial charge in [0.25, 0.3) is 5.69 Å². The van der Waals surface area contributed by atoms with Crippen LogP contribution < -0.4 is 5.73 Å². The molecule has 3 rings (SSSR count). The predicted molar refractivity (Wildman–Crippen MR) is 87.8 cm³/mol. The first-order valence-electron chi connectivity index (χ1n) is 7.21. The average molecular weight is 308 g/mol. The number of hydrogen-bond donors (Lipinski definition) is 1. The number of nitrogens with zero attached hydrogens (tertiary/aromatic N) is 3. The van der Waals surface area contributed by atoms with Crippen molar-refractivity contribution in [2.24, 2.45) is 5.73 Å². The molecule has 0 unspecified atom stereocenters. The van der Waals surface area contributed by atoms with Gasteiger partial charge in [-0.25, -0.2) is 4.98 Å². The fourth-order valence-corrected chi connectivity index (χ4v) is 2.51. The number of imidazole rings is 1. The maximum absolute atomic E-state index is 10.9. The summed E-state index contributed by atoms with van der Waals surface area (Å²) in [5, 5.41) is 10.9. The number of nitrogens with two attached hydrogens (primary N) is 1. The highest BCUT2D eigenvalue weighted by atomic mass is 16.6. The Labute approximate surface area is 133 Å². The normalized spacial score (nSPS) is 10.7. The minimum Gasteiger partial charge on any atom is -0.327 e. The fourth-order valence-electron chi connectivity index (χ4n) is 2.51. The minimum absolute atomic E-state index is 0.0576. The molecule has 0 saturated carbocycles.